The van der Waals surface area contributed by atoms with E-state index < -0.39 is 12.0 Å². The number of carbonyl (C=O) groups excluding carboxylic acids is 1. The smallest absolute Gasteiger partial charge is 0.322 e. The number of nitrogens with two attached hydrogens (primary N) is 1. The highest BCUT2D eigenvalue weighted by atomic mass is 79.9. The molecule has 2 rings (SSSR count). The number of methoxy groups -OCH3 is 1. The molecule has 1 aromatic carbocycles. The summed E-state index contributed by atoms with van der Waals surface area (Å²) >= 11 is 3.46. The van der Waals surface area contributed by atoms with E-state index >= 15 is 0 Å². The van der Waals surface area contributed by atoms with Crippen LogP contribution < -0.4 is 5.73 Å². The Labute approximate surface area is 107 Å². The molecule has 4 nitrogen and oxygen atoms in total. The third kappa shape index (κ3) is 2.35. The SMILES string of the molecule is COC(=O)C(N)Cc1c[nH]c2c(Br)cccc12. The largest absolute Gasteiger partial charge is 0.468 e. The van der Waals surface area contributed by atoms with Crippen molar-refractivity contribution >= 4 is 32.8 Å². The average molecular weight is 297 g/mol. The Morgan fingerprint density at radius 3 is 3.06 bits per heavy atom. The first-order valence-electron chi connectivity index (χ1n) is 5.21. The lowest BCUT2D eigenvalue weighted by molar-refractivity contribution is -0.142. The molecule has 0 radical (unpaired) electrons. The number of para-hydroxylation sites is 1. The van der Waals surface area contributed by atoms with E-state index in [9.17, 15) is 4.79 Å². The van der Waals surface area contributed by atoms with Gasteiger partial charge in [-0.1, -0.05) is 12.1 Å². The second-order valence-corrected chi connectivity index (χ2v) is 4.66. The number of nitrogens with one attached hydrogen (secondary N) is 1. The maximum absolute atomic E-state index is 11.3. The predicted molar refractivity (Wildman–Crippen MR) is 69.7 cm³/mol. The number of carbonyl (C=O) groups is 1. The van der Waals surface area contributed by atoms with Crippen LogP contribution in [0.15, 0.2) is 28.9 Å². The summed E-state index contributed by atoms with van der Waals surface area (Å²) in [5.41, 5.74) is 7.77. The van der Waals surface area contributed by atoms with Crippen molar-refractivity contribution in [2.75, 3.05) is 7.11 Å². The summed E-state index contributed by atoms with van der Waals surface area (Å²) in [5.74, 6) is -0.394. The van der Waals surface area contributed by atoms with Gasteiger partial charge in [0.2, 0.25) is 0 Å². The number of halogens is 1. The molecule has 1 unspecified atom stereocenters. The summed E-state index contributed by atoms with van der Waals surface area (Å²) in [4.78, 5) is 14.4. The number of hydrogen-bond donors (Lipinski definition) is 2. The second kappa shape index (κ2) is 4.89. The molecule has 1 atom stereocenters. The van der Waals surface area contributed by atoms with Crippen LogP contribution in [-0.2, 0) is 16.0 Å². The Hall–Kier alpha value is -1.33. The Morgan fingerprint density at radius 2 is 2.35 bits per heavy atom. The van der Waals surface area contributed by atoms with Gasteiger partial charge in [0.15, 0.2) is 0 Å². The molecule has 0 fully saturated rings. The Morgan fingerprint density at radius 1 is 1.59 bits per heavy atom. The van der Waals surface area contributed by atoms with E-state index in [0.29, 0.717) is 6.42 Å². The van der Waals surface area contributed by atoms with Crippen molar-refractivity contribution in [1.29, 1.82) is 0 Å². The van der Waals surface area contributed by atoms with Gasteiger partial charge in [-0.2, -0.15) is 0 Å². The van der Waals surface area contributed by atoms with E-state index in [2.05, 4.69) is 25.7 Å². The summed E-state index contributed by atoms with van der Waals surface area (Å²) in [6.07, 6.45) is 2.33. The van der Waals surface area contributed by atoms with Crippen molar-refractivity contribution in [3.05, 3.63) is 34.4 Å². The Balaban J connectivity index is 2.31. The number of benzene rings is 1. The highest BCUT2D eigenvalue weighted by Crippen LogP contribution is 2.26. The van der Waals surface area contributed by atoms with Gasteiger partial charge >= 0.3 is 5.97 Å². The lowest BCUT2D eigenvalue weighted by atomic mass is 10.1. The molecule has 1 aromatic heterocycles. The number of ether oxygens (including phenoxy) is 1. The van der Waals surface area contributed by atoms with E-state index in [-0.39, 0.29) is 0 Å². The quantitative estimate of drug-likeness (QED) is 0.851. The van der Waals surface area contributed by atoms with Crippen LogP contribution in [0, 0.1) is 0 Å². The van der Waals surface area contributed by atoms with Crippen LogP contribution in [0.25, 0.3) is 10.9 Å². The van der Waals surface area contributed by atoms with E-state index in [4.69, 9.17) is 5.73 Å². The van der Waals surface area contributed by atoms with Crippen molar-refractivity contribution in [2.45, 2.75) is 12.5 Å². The normalized spacial score (nSPS) is 12.6. The third-order valence-electron chi connectivity index (χ3n) is 2.69. The average Bonchev–Trinajstić information content (AvgIpc) is 2.73. The minimum Gasteiger partial charge on any atom is -0.468 e. The van der Waals surface area contributed by atoms with Crippen molar-refractivity contribution in [3.8, 4) is 0 Å². The molecule has 3 N–H and O–H groups in total. The topological polar surface area (TPSA) is 68.1 Å². The minimum atomic E-state index is -0.627. The van der Waals surface area contributed by atoms with E-state index in [1.54, 1.807) is 0 Å². The number of H-pyrrole nitrogens is 1. The molecular weight excluding hydrogens is 284 g/mol. The second-order valence-electron chi connectivity index (χ2n) is 3.81. The van der Waals surface area contributed by atoms with Gasteiger partial charge in [-0.3, -0.25) is 4.79 Å². The molecule has 0 aliphatic rings. The van der Waals surface area contributed by atoms with Gasteiger partial charge in [0.25, 0.3) is 0 Å². The standard InChI is InChI=1S/C12H13BrN2O2/c1-17-12(16)10(14)5-7-6-15-11-8(7)3-2-4-9(11)13/h2-4,6,10,15H,5,14H2,1H3. The van der Waals surface area contributed by atoms with Gasteiger partial charge in [-0.15, -0.1) is 0 Å². The van der Waals surface area contributed by atoms with Crippen molar-refractivity contribution < 1.29 is 9.53 Å². The molecule has 5 heteroatoms. The maximum atomic E-state index is 11.3. The van der Waals surface area contributed by atoms with Crippen LogP contribution in [0.3, 0.4) is 0 Å². The Bertz CT molecular complexity index is 550. The highest BCUT2D eigenvalue weighted by Gasteiger charge is 2.16. The predicted octanol–water partition coefficient (Wildman–Crippen LogP) is 1.97. The molecule has 0 saturated heterocycles. The number of rotatable bonds is 3. The summed E-state index contributed by atoms with van der Waals surface area (Å²) in [6.45, 7) is 0. The van der Waals surface area contributed by atoms with E-state index in [1.165, 1.54) is 7.11 Å². The molecule has 0 saturated carbocycles. The van der Waals surface area contributed by atoms with Crippen LogP contribution in [0.4, 0.5) is 0 Å². The number of fused-ring (bicyclic) bond motifs is 1. The van der Waals surface area contributed by atoms with Crippen LogP contribution in [0.5, 0.6) is 0 Å². The van der Waals surface area contributed by atoms with Crippen molar-refractivity contribution in [1.82, 2.24) is 4.98 Å². The molecule has 0 amide bonds. The fraction of sp³-hybridized carbons (Fsp3) is 0.250. The molecule has 0 spiro atoms. The first-order chi connectivity index (χ1) is 8.13. The van der Waals surface area contributed by atoms with Gasteiger partial charge in [-0.05, 0) is 27.6 Å². The lowest BCUT2D eigenvalue weighted by Crippen LogP contribution is -2.33. The first kappa shape index (κ1) is 12.1. The monoisotopic (exact) mass is 296 g/mol. The number of aromatic nitrogens is 1. The first-order valence-corrected chi connectivity index (χ1v) is 6.00. The molecule has 2 aromatic rings. The zero-order chi connectivity index (χ0) is 12.4. The fourth-order valence-corrected chi connectivity index (χ4v) is 2.30. The van der Waals surface area contributed by atoms with Crippen LogP contribution in [-0.4, -0.2) is 24.1 Å². The van der Waals surface area contributed by atoms with E-state index in [0.717, 1.165) is 20.9 Å². The highest BCUT2D eigenvalue weighted by molar-refractivity contribution is 9.10. The van der Waals surface area contributed by atoms with Crippen LogP contribution in [0.2, 0.25) is 0 Å². The van der Waals surface area contributed by atoms with Gasteiger partial charge in [0.05, 0.1) is 12.6 Å². The summed E-state index contributed by atoms with van der Waals surface area (Å²) in [5, 5.41) is 1.07. The van der Waals surface area contributed by atoms with Crippen LogP contribution >= 0.6 is 15.9 Å². The zero-order valence-corrected chi connectivity index (χ0v) is 11.0. The van der Waals surface area contributed by atoms with Crippen LogP contribution in [0.1, 0.15) is 5.56 Å². The molecule has 0 bridgehead atoms. The fourth-order valence-electron chi connectivity index (χ4n) is 1.82. The molecule has 17 heavy (non-hydrogen) atoms. The maximum Gasteiger partial charge on any atom is 0.322 e. The summed E-state index contributed by atoms with van der Waals surface area (Å²) < 4.78 is 5.61. The summed E-state index contributed by atoms with van der Waals surface area (Å²) in [7, 11) is 1.34. The van der Waals surface area contributed by atoms with Crippen molar-refractivity contribution in [2.24, 2.45) is 5.73 Å². The molecule has 1 heterocycles. The summed E-state index contributed by atoms with van der Waals surface area (Å²) in [6, 6.07) is 5.28. The van der Waals surface area contributed by atoms with Gasteiger partial charge < -0.3 is 15.5 Å². The Kier molecular flexibility index (Phi) is 3.49. The van der Waals surface area contributed by atoms with E-state index in [1.807, 2.05) is 24.4 Å². The van der Waals surface area contributed by atoms with Gasteiger partial charge in [0, 0.05) is 22.5 Å². The number of hydrogen-bond acceptors (Lipinski definition) is 3. The zero-order valence-electron chi connectivity index (χ0n) is 9.37. The minimum absolute atomic E-state index is 0.394. The number of aromatic amines is 1. The lowest BCUT2D eigenvalue weighted by Gasteiger charge is -2.08. The molecule has 90 valence electrons. The molecular formula is C12H13BrN2O2. The van der Waals surface area contributed by atoms with Crippen molar-refractivity contribution in [3.63, 3.8) is 0 Å². The molecule has 0 aliphatic heterocycles. The third-order valence-corrected chi connectivity index (χ3v) is 3.35. The molecule has 0 aliphatic carbocycles. The number of esters is 1. The van der Waals surface area contributed by atoms with Gasteiger partial charge in [0.1, 0.15) is 6.04 Å². The van der Waals surface area contributed by atoms with Gasteiger partial charge in [-0.25, -0.2) is 0 Å².